The summed E-state index contributed by atoms with van der Waals surface area (Å²) in [7, 11) is 0. The molecule has 28 heavy (non-hydrogen) atoms. The van der Waals surface area contributed by atoms with Crippen molar-refractivity contribution >= 4 is 17.8 Å². The fourth-order valence-electron chi connectivity index (χ4n) is 3.17. The minimum atomic E-state index is -0.638. The van der Waals surface area contributed by atoms with E-state index in [2.05, 4.69) is 25.8 Å². The summed E-state index contributed by atoms with van der Waals surface area (Å²) in [5.74, 6) is 1.29. The van der Waals surface area contributed by atoms with Crippen LogP contribution >= 0.6 is 0 Å². The molecule has 3 N–H and O–H groups in total. The number of halogens is 1. The Bertz CT molecular complexity index is 821. The van der Waals surface area contributed by atoms with Crippen LogP contribution < -0.4 is 10.6 Å². The van der Waals surface area contributed by atoms with Crippen LogP contribution in [-0.2, 0) is 16.0 Å². The van der Waals surface area contributed by atoms with Crippen molar-refractivity contribution < 1.29 is 23.1 Å². The number of anilines is 1. The average Bonchev–Trinajstić information content (AvgIpc) is 3.36. The first kappa shape index (κ1) is 19.8. The van der Waals surface area contributed by atoms with Gasteiger partial charge < -0.3 is 19.8 Å². The second-order valence-corrected chi connectivity index (χ2v) is 7.04. The number of aromatic amines is 1. The van der Waals surface area contributed by atoms with Crippen LogP contribution in [0.2, 0.25) is 0 Å². The molecule has 0 bridgehead atoms. The van der Waals surface area contributed by atoms with Gasteiger partial charge in [0.1, 0.15) is 25.0 Å². The van der Waals surface area contributed by atoms with Crippen LogP contribution in [0.4, 0.5) is 15.0 Å². The molecule has 3 atom stereocenters. The first-order chi connectivity index (χ1) is 13.4. The standard InChI is InChI=1S/C18H24FN5O4/c1-10(8-19)21-18(26)28-13-4-3-12(5-13)14-6-15(24-23-14)22-16(25)7-17-20-9-11(2)27-17/h6,9-10,12-13H,3-5,7-8H2,1-2H3,(H,21,26)(H2,22,23,24,25)/t10?,12-,13+/m0/s1. The normalized spacial score (nSPS) is 20.0. The SMILES string of the molecule is Cc1cnc(CC(=O)Nc2cc([C@H]3CC[C@@H](OC(=O)NC(C)CF)C3)[nH]n2)o1. The number of ether oxygens (including phenoxy) is 1. The Labute approximate surface area is 161 Å². The minimum absolute atomic E-state index is 0.0296. The maximum Gasteiger partial charge on any atom is 0.407 e. The van der Waals surface area contributed by atoms with E-state index >= 15 is 0 Å². The summed E-state index contributed by atoms with van der Waals surface area (Å²) in [6, 6.07) is 1.21. The van der Waals surface area contributed by atoms with Crippen LogP contribution in [0.5, 0.6) is 0 Å². The molecule has 1 unspecified atom stereocenters. The number of aromatic nitrogens is 3. The van der Waals surface area contributed by atoms with Gasteiger partial charge >= 0.3 is 6.09 Å². The molecule has 1 saturated carbocycles. The number of oxazole rings is 1. The quantitative estimate of drug-likeness (QED) is 0.665. The van der Waals surface area contributed by atoms with Crippen LogP contribution in [0.25, 0.3) is 0 Å². The fourth-order valence-corrected chi connectivity index (χ4v) is 3.17. The largest absolute Gasteiger partial charge is 0.446 e. The highest BCUT2D eigenvalue weighted by molar-refractivity contribution is 5.90. The van der Waals surface area contributed by atoms with Crippen molar-refractivity contribution in [2.75, 3.05) is 12.0 Å². The molecule has 0 aromatic carbocycles. The van der Waals surface area contributed by atoms with Crippen molar-refractivity contribution in [2.24, 2.45) is 0 Å². The van der Waals surface area contributed by atoms with Gasteiger partial charge in [0.25, 0.3) is 0 Å². The highest BCUT2D eigenvalue weighted by Crippen LogP contribution is 2.35. The van der Waals surface area contributed by atoms with E-state index in [0.29, 0.717) is 30.3 Å². The Morgan fingerprint density at radius 2 is 2.29 bits per heavy atom. The molecule has 1 aliphatic rings. The highest BCUT2D eigenvalue weighted by Gasteiger charge is 2.30. The van der Waals surface area contributed by atoms with Gasteiger partial charge in [0, 0.05) is 17.7 Å². The van der Waals surface area contributed by atoms with Gasteiger partial charge in [-0.1, -0.05) is 0 Å². The Morgan fingerprint density at radius 3 is 3.00 bits per heavy atom. The van der Waals surface area contributed by atoms with Crippen molar-refractivity contribution in [1.29, 1.82) is 0 Å². The van der Waals surface area contributed by atoms with Crippen molar-refractivity contribution in [3.8, 4) is 0 Å². The number of amides is 2. The number of hydrogen-bond donors (Lipinski definition) is 3. The van der Waals surface area contributed by atoms with Gasteiger partial charge in [0.05, 0.1) is 12.2 Å². The summed E-state index contributed by atoms with van der Waals surface area (Å²) in [5, 5.41) is 12.2. The third kappa shape index (κ3) is 5.30. The van der Waals surface area contributed by atoms with Gasteiger partial charge in [-0.3, -0.25) is 9.89 Å². The van der Waals surface area contributed by atoms with E-state index in [1.165, 1.54) is 0 Å². The van der Waals surface area contributed by atoms with Crippen LogP contribution in [0.3, 0.4) is 0 Å². The molecule has 3 rings (SSSR count). The van der Waals surface area contributed by atoms with Gasteiger partial charge in [-0.25, -0.2) is 14.2 Å². The Balaban J connectivity index is 1.47. The number of H-pyrrole nitrogens is 1. The predicted molar refractivity (Wildman–Crippen MR) is 97.6 cm³/mol. The smallest absolute Gasteiger partial charge is 0.407 e. The highest BCUT2D eigenvalue weighted by atomic mass is 19.1. The number of nitrogens with zero attached hydrogens (tertiary/aromatic N) is 2. The van der Waals surface area contributed by atoms with Crippen LogP contribution in [0.15, 0.2) is 16.7 Å². The second kappa shape index (κ2) is 8.85. The molecule has 0 aliphatic heterocycles. The van der Waals surface area contributed by atoms with Crippen molar-refractivity contribution in [1.82, 2.24) is 20.5 Å². The van der Waals surface area contributed by atoms with Gasteiger partial charge in [-0.15, -0.1) is 0 Å². The number of carbonyl (C=O) groups excluding carboxylic acids is 2. The zero-order chi connectivity index (χ0) is 20.1. The van der Waals surface area contributed by atoms with E-state index < -0.39 is 18.8 Å². The van der Waals surface area contributed by atoms with Gasteiger partial charge in [-0.2, -0.15) is 5.10 Å². The lowest BCUT2D eigenvalue weighted by molar-refractivity contribution is -0.115. The first-order valence-corrected chi connectivity index (χ1v) is 9.22. The lowest BCUT2D eigenvalue weighted by Gasteiger charge is -2.15. The number of hydrogen-bond acceptors (Lipinski definition) is 6. The Kier molecular flexibility index (Phi) is 6.27. The molecule has 2 heterocycles. The third-order valence-electron chi connectivity index (χ3n) is 4.54. The molecule has 152 valence electrons. The second-order valence-electron chi connectivity index (χ2n) is 7.04. The number of rotatable bonds is 7. The molecule has 0 radical (unpaired) electrons. The summed E-state index contributed by atoms with van der Waals surface area (Å²) in [6.07, 6.45) is 2.94. The lowest BCUT2D eigenvalue weighted by atomic mass is 10.0. The molecule has 1 fully saturated rings. The van der Waals surface area contributed by atoms with Gasteiger partial charge in [0.15, 0.2) is 5.82 Å². The molecule has 2 aromatic rings. The maximum absolute atomic E-state index is 12.4. The third-order valence-corrected chi connectivity index (χ3v) is 4.54. The molecular formula is C18H24FN5O4. The van der Waals surface area contributed by atoms with E-state index in [4.69, 9.17) is 9.15 Å². The van der Waals surface area contributed by atoms with Crippen molar-refractivity contribution in [3.05, 3.63) is 29.6 Å². The number of alkyl carbamates (subject to hydrolysis) is 1. The van der Waals surface area contributed by atoms with Crippen LogP contribution in [0, 0.1) is 6.92 Å². The number of carbonyl (C=O) groups is 2. The first-order valence-electron chi connectivity index (χ1n) is 9.22. The predicted octanol–water partition coefficient (Wildman–Crippen LogP) is 2.61. The maximum atomic E-state index is 12.4. The summed E-state index contributed by atoms with van der Waals surface area (Å²) in [5.41, 5.74) is 0.867. The fraction of sp³-hybridized carbons (Fsp3) is 0.556. The lowest BCUT2D eigenvalue weighted by Crippen LogP contribution is -2.36. The molecule has 10 heteroatoms. The Hall–Kier alpha value is -2.91. The Morgan fingerprint density at radius 1 is 1.46 bits per heavy atom. The number of alkyl halides is 1. The van der Waals surface area contributed by atoms with E-state index in [1.807, 2.05) is 0 Å². The van der Waals surface area contributed by atoms with Gasteiger partial charge in [-0.05, 0) is 33.1 Å². The monoisotopic (exact) mass is 393 g/mol. The van der Waals surface area contributed by atoms with E-state index in [-0.39, 0.29) is 24.3 Å². The zero-order valence-electron chi connectivity index (χ0n) is 15.8. The van der Waals surface area contributed by atoms with Crippen LogP contribution in [-0.4, -0.2) is 46.0 Å². The number of aryl methyl sites for hydroxylation is 1. The molecule has 0 spiro atoms. The van der Waals surface area contributed by atoms with Crippen LogP contribution in [0.1, 0.15) is 49.4 Å². The molecular weight excluding hydrogens is 369 g/mol. The summed E-state index contributed by atoms with van der Waals surface area (Å²) >= 11 is 0. The summed E-state index contributed by atoms with van der Waals surface area (Å²) in [6.45, 7) is 2.70. The number of nitrogens with one attached hydrogen (secondary N) is 3. The average molecular weight is 393 g/mol. The van der Waals surface area contributed by atoms with Gasteiger partial charge in [0.2, 0.25) is 11.8 Å². The molecule has 9 nitrogen and oxygen atoms in total. The van der Waals surface area contributed by atoms with E-state index in [1.54, 1.807) is 26.1 Å². The minimum Gasteiger partial charge on any atom is -0.446 e. The zero-order valence-corrected chi connectivity index (χ0v) is 15.8. The van der Waals surface area contributed by atoms with Crippen molar-refractivity contribution in [3.63, 3.8) is 0 Å². The molecule has 2 amide bonds. The molecule has 2 aromatic heterocycles. The summed E-state index contributed by atoms with van der Waals surface area (Å²) in [4.78, 5) is 27.8. The topological polar surface area (TPSA) is 122 Å². The molecule has 0 saturated heterocycles. The van der Waals surface area contributed by atoms with E-state index in [9.17, 15) is 14.0 Å². The van der Waals surface area contributed by atoms with Crippen molar-refractivity contribution in [2.45, 2.75) is 57.6 Å². The summed E-state index contributed by atoms with van der Waals surface area (Å²) < 4.78 is 23.1. The molecule has 1 aliphatic carbocycles. The van der Waals surface area contributed by atoms with E-state index in [0.717, 1.165) is 12.1 Å².